The number of halogens is 1. The molecular weight excluding hydrogens is 331 g/mol. The third-order valence-corrected chi connectivity index (χ3v) is 5.49. The minimum absolute atomic E-state index is 0.0727. The van der Waals surface area contributed by atoms with E-state index in [9.17, 15) is 9.18 Å². The van der Waals surface area contributed by atoms with Gasteiger partial charge >= 0.3 is 0 Å². The molecule has 2 aliphatic rings. The van der Waals surface area contributed by atoms with E-state index in [-0.39, 0.29) is 23.7 Å². The van der Waals surface area contributed by atoms with Crippen molar-refractivity contribution in [1.29, 1.82) is 0 Å². The molecule has 0 saturated heterocycles. The zero-order chi connectivity index (χ0) is 18.1. The van der Waals surface area contributed by atoms with Gasteiger partial charge in [-0.25, -0.2) is 9.37 Å². The Bertz CT molecular complexity index is 833. The molecular formula is C21H23FN2O2. The molecule has 1 fully saturated rings. The number of pyridine rings is 1. The monoisotopic (exact) mass is 354 g/mol. The summed E-state index contributed by atoms with van der Waals surface area (Å²) in [5.41, 5.74) is 2.51. The molecule has 5 heteroatoms. The third-order valence-electron chi connectivity index (χ3n) is 5.49. The Morgan fingerprint density at radius 3 is 2.85 bits per heavy atom. The largest absolute Gasteiger partial charge is 0.473 e. The fourth-order valence-corrected chi connectivity index (χ4v) is 3.79. The van der Waals surface area contributed by atoms with Gasteiger partial charge in [-0.2, -0.15) is 0 Å². The van der Waals surface area contributed by atoms with Crippen LogP contribution in [0.4, 0.5) is 4.39 Å². The van der Waals surface area contributed by atoms with E-state index >= 15 is 0 Å². The smallest absolute Gasteiger partial charge is 0.255 e. The second-order valence-electron chi connectivity index (χ2n) is 7.70. The van der Waals surface area contributed by atoms with Crippen LogP contribution in [0.15, 0.2) is 36.4 Å². The van der Waals surface area contributed by atoms with E-state index in [0.29, 0.717) is 18.0 Å². The molecule has 0 radical (unpaired) electrons. The van der Waals surface area contributed by atoms with Crippen molar-refractivity contribution < 1.29 is 13.9 Å². The Kier molecular flexibility index (Phi) is 4.39. The molecule has 1 aromatic heterocycles. The second-order valence-corrected chi connectivity index (χ2v) is 7.70. The molecule has 0 unspecified atom stereocenters. The van der Waals surface area contributed by atoms with Crippen molar-refractivity contribution in [3.05, 3.63) is 59.0 Å². The summed E-state index contributed by atoms with van der Waals surface area (Å²) in [5, 5.41) is 0. The lowest BCUT2D eigenvalue weighted by Gasteiger charge is -2.43. The van der Waals surface area contributed by atoms with Gasteiger partial charge in [-0.3, -0.25) is 4.79 Å². The lowest BCUT2D eigenvalue weighted by Crippen LogP contribution is -2.46. The van der Waals surface area contributed by atoms with Crippen LogP contribution in [0.5, 0.6) is 5.88 Å². The van der Waals surface area contributed by atoms with Gasteiger partial charge in [0.05, 0.1) is 11.3 Å². The van der Waals surface area contributed by atoms with Gasteiger partial charge in [-0.05, 0) is 42.0 Å². The maximum Gasteiger partial charge on any atom is 0.255 e. The van der Waals surface area contributed by atoms with Crippen molar-refractivity contribution in [2.24, 2.45) is 5.41 Å². The number of benzene rings is 1. The van der Waals surface area contributed by atoms with Crippen LogP contribution in [-0.4, -0.2) is 28.9 Å². The van der Waals surface area contributed by atoms with Crippen LogP contribution in [-0.2, 0) is 13.0 Å². The number of fused-ring (bicyclic) bond motifs is 1. The highest BCUT2D eigenvalue weighted by atomic mass is 19.1. The number of carbonyl (C=O) groups is 1. The molecule has 136 valence electrons. The van der Waals surface area contributed by atoms with Gasteiger partial charge in [0.2, 0.25) is 5.88 Å². The summed E-state index contributed by atoms with van der Waals surface area (Å²) in [6.45, 7) is 4.06. The Labute approximate surface area is 153 Å². The summed E-state index contributed by atoms with van der Waals surface area (Å²) < 4.78 is 18.9. The SMILES string of the molecule is CC1(CN2CCc3nc(OCc4cccc(F)c4)ccc3C2=O)CCC1. The highest BCUT2D eigenvalue weighted by molar-refractivity contribution is 5.96. The molecule has 4 rings (SSSR count). The molecule has 1 aromatic carbocycles. The molecule has 0 N–H and O–H groups in total. The lowest BCUT2D eigenvalue weighted by molar-refractivity contribution is 0.0510. The Morgan fingerprint density at radius 1 is 1.27 bits per heavy atom. The fraction of sp³-hybridized carbons (Fsp3) is 0.429. The van der Waals surface area contributed by atoms with Crippen LogP contribution >= 0.6 is 0 Å². The van der Waals surface area contributed by atoms with Gasteiger partial charge in [0, 0.05) is 25.6 Å². The van der Waals surface area contributed by atoms with E-state index in [1.807, 2.05) is 11.0 Å². The van der Waals surface area contributed by atoms with Gasteiger partial charge in [0.1, 0.15) is 12.4 Å². The normalized spacial score (nSPS) is 18.2. The highest BCUT2D eigenvalue weighted by Crippen LogP contribution is 2.41. The van der Waals surface area contributed by atoms with Crippen LogP contribution in [0.2, 0.25) is 0 Å². The third kappa shape index (κ3) is 3.43. The minimum Gasteiger partial charge on any atom is -0.473 e. The van der Waals surface area contributed by atoms with E-state index in [1.54, 1.807) is 18.2 Å². The van der Waals surface area contributed by atoms with Crippen molar-refractivity contribution >= 4 is 5.91 Å². The molecule has 1 saturated carbocycles. The number of amides is 1. The number of hydrogen-bond acceptors (Lipinski definition) is 3. The maximum absolute atomic E-state index is 13.2. The molecule has 1 amide bonds. The van der Waals surface area contributed by atoms with E-state index in [2.05, 4.69) is 11.9 Å². The maximum atomic E-state index is 13.2. The van der Waals surface area contributed by atoms with Crippen molar-refractivity contribution in [1.82, 2.24) is 9.88 Å². The molecule has 0 atom stereocenters. The second kappa shape index (κ2) is 6.71. The lowest BCUT2D eigenvalue weighted by atomic mass is 9.70. The molecule has 2 heterocycles. The van der Waals surface area contributed by atoms with Gasteiger partial charge in [-0.1, -0.05) is 25.5 Å². The first kappa shape index (κ1) is 17.0. The molecule has 1 aliphatic heterocycles. The van der Waals surface area contributed by atoms with E-state index in [1.165, 1.54) is 31.4 Å². The topological polar surface area (TPSA) is 42.4 Å². The van der Waals surface area contributed by atoms with Crippen molar-refractivity contribution in [3.8, 4) is 5.88 Å². The van der Waals surface area contributed by atoms with E-state index in [4.69, 9.17) is 4.74 Å². The summed E-state index contributed by atoms with van der Waals surface area (Å²) in [6.07, 6.45) is 4.42. The first-order valence-electron chi connectivity index (χ1n) is 9.19. The van der Waals surface area contributed by atoms with Crippen LogP contribution in [0.3, 0.4) is 0 Å². The van der Waals surface area contributed by atoms with Crippen LogP contribution in [0.1, 0.15) is 47.8 Å². The minimum atomic E-state index is -0.282. The number of ether oxygens (including phenoxy) is 1. The van der Waals surface area contributed by atoms with Gasteiger partial charge in [-0.15, -0.1) is 0 Å². The number of aromatic nitrogens is 1. The zero-order valence-electron chi connectivity index (χ0n) is 15.0. The highest BCUT2D eigenvalue weighted by Gasteiger charge is 2.36. The molecule has 2 aromatic rings. The standard InChI is InChI=1S/C21H23FN2O2/c1-21(9-3-10-21)14-24-11-8-18-17(20(24)25)6-7-19(23-18)26-13-15-4-2-5-16(22)12-15/h2,4-7,12H,3,8-11,13-14H2,1H3. The first-order valence-corrected chi connectivity index (χ1v) is 9.19. The van der Waals surface area contributed by atoms with Gasteiger partial charge in [0.25, 0.3) is 5.91 Å². The quantitative estimate of drug-likeness (QED) is 0.815. The molecule has 1 aliphatic carbocycles. The number of hydrogen-bond donors (Lipinski definition) is 0. The van der Waals surface area contributed by atoms with Crippen molar-refractivity contribution in [2.75, 3.05) is 13.1 Å². The summed E-state index contributed by atoms with van der Waals surface area (Å²) in [7, 11) is 0. The molecule has 26 heavy (non-hydrogen) atoms. The predicted octanol–water partition coefficient (Wildman–Crippen LogP) is 3.99. The van der Waals surface area contributed by atoms with Crippen LogP contribution < -0.4 is 4.74 Å². The predicted molar refractivity (Wildman–Crippen MR) is 96.5 cm³/mol. The average molecular weight is 354 g/mol. The molecule has 4 nitrogen and oxygen atoms in total. The first-order chi connectivity index (χ1) is 12.5. The van der Waals surface area contributed by atoms with Crippen LogP contribution in [0.25, 0.3) is 0 Å². The zero-order valence-corrected chi connectivity index (χ0v) is 15.0. The van der Waals surface area contributed by atoms with E-state index < -0.39 is 0 Å². The number of carbonyl (C=O) groups excluding carboxylic acids is 1. The van der Waals surface area contributed by atoms with Gasteiger partial charge < -0.3 is 9.64 Å². The summed E-state index contributed by atoms with van der Waals surface area (Å²) in [5.74, 6) is 0.263. The summed E-state index contributed by atoms with van der Waals surface area (Å²) in [4.78, 5) is 19.2. The Morgan fingerprint density at radius 2 is 2.12 bits per heavy atom. The summed E-state index contributed by atoms with van der Waals surface area (Å²) in [6, 6.07) is 9.85. The van der Waals surface area contributed by atoms with Crippen LogP contribution in [0, 0.1) is 11.2 Å². The Balaban J connectivity index is 1.43. The Hall–Kier alpha value is -2.43. The molecule has 0 bridgehead atoms. The van der Waals surface area contributed by atoms with Gasteiger partial charge in [0.15, 0.2) is 0 Å². The fourth-order valence-electron chi connectivity index (χ4n) is 3.79. The summed E-state index contributed by atoms with van der Waals surface area (Å²) >= 11 is 0. The van der Waals surface area contributed by atoms with E-state index in [0.717, 1.165) is 24.2 Å². The van der Waals surface area contributed by atoms with Crippen molar-refractivity contribution in [2.45, 2.75) is 39.2 Å². The average Bonchev–Trinajstić information content (AvgIpc) is 2.61. The number of rotatable bonds is 5. The van der Waals surface area contributed by atoms with Crippen molar-refractivity contribution in [3.63, 3.8) is 0 Å². The number of nitrogens with zero attached hydrogens (tertiary/aromatic N) is 2. The molecule has 0 spiro atoms.